The Balaban J connectivity index is 0.000000383. The van der Waals surface area contributed by atoms with Crippen molar-refractivity contribution >= 4 is 6.29 Å². The van der Waals surface area contributed by atoms with Crippen molar-refractivity contribution in [3.05, 3.63) is 59.7 Å². The molecule has 0 aliphatic rings. The van der Waals surface area contributed by atoms with Gasteiger partial charge in [0.05, 0.1) is 0 Å². The van der Waals surface area contributed by atoms with Crippen molar-refractivity contribution in [2.45, 2.75) is 6.92 Å². The average Bonchev–Trinajstić information content (AvgIpc) is 2.40. The maximum Gasteiger partial charge on any atom is 0.150 e. The summed E-state index contributed by atoms with van der Waals surface area (Å²) in [6.45, 7) is 2.03. The molecule has 0 atom stereocenters. The van der Waals surface area contributed by atoms with Gasteiger partial charge in [-0.15, -0.1) is 10.2 Å². The molecule has 0 heterocycles. The smallest absolute Gasteiger partial charge is 0.150 e. The topological polar surface area (TPSA) is 119 Å². The summed E-state index contributed by atoms with van der Waals surface area (Å²) >= 11 is 0. The number of halogens is 1. The highest BCUT2D eigenvalue weighted by molar-refractivity contribution is 5.74. The summed E-state index contributed by atoms with van der Waals surface area (Å²) in [5.74, 6) is 1.53. The summed E-state index contributed by atoms with van der Waals surface area (Å²) in [5.41, 5.74) is 1.85. The van der Waals surface area contributed by atoms with Crippen LogP contribution in [0.5, 0.6) is 11.5 Å². The van der Waals surface area contributed by atoms with Crippen LogP contribution in [0.25, 0.3) is 0 Å². The normalized spacial score (nSPS) is 10.3. The number of ether oxygens (including phenoxy) is 1. The number of benzene rings is 2. The Labute approximate surface area is 123 Å². The number of rotatable bonds is 3. The lowest BCUT2D eigenvalue weighted by Gasteiger charge is -2.17. The zero-order chi connectivity index (χ0) is 15.9. The molecule has 7 heteroatoms. The molecule has 0 fully saturated rings. The van der Waals surface area contributed by atoms with E-state index in [1.54, 1.807) is 24.3 Å². The Morgan fingerprint density at radius 2 is 1.24 bits per heavy atom. The SMILES string of the molecule is Cc1ccc(Oc2ccc(C=O)cc2)cc1.[O-][Cl+3]([O-])([O-])[O-]. The van der Waals surface area contributed by atoms with E-state index >= 15 is 0 Å². The van der Waals surface area contributed by atoms with E-state index in [4.69, 9.17) is 23.4 Å². The Morgan fingerprint density at radius 3 is 1.62 bits per heavy atom. The highest BCUT2D eigenvalue weighted by atomic mass is 35.7. The van der Waals surface area contributed by atoms with Crippen molar-refractivity contribution in [1.29, 1.82) is 0 Å². The van der Waals surface area contributed by atoms with Crippen molar-refractivity contribution in [1.82, 2.24) is 0 Å². The Hall–Kier alpha value is -1.96. The fraction of sp³-hybridized carbons (Fsp3) is 0.0714. The van der Waals surface area contributed by atoms with Crippen LogP contribution in [0.3, 0.4) is 0 Å². The molecule has 0 N–H and O–H groups in total. The third kappa shape index (κ3) is 8.03. The van der Waals surface area contributed by atoms with Gasteiger partial charge in [0.25, 0.3) is 0 Å². The zero-order valence-electron chi connectivity index (χ0n) is 11.0. The first-order valence-electron chi connectivity index (χ1n) is 5.69. The number of carbonyl (C=O) groups is 1. The van der Waals surface area contributed by atoms with Crippen LogP contribution in [-0.4, -0.2) is 6.29 Å². The first-order valence-corrected chi connectivity index (χ1v) is 6.93. The third-order valence-electron chi connectivity index (χ3n) is 2.27. The minimum atomic E-state index is -4.94. The van der Waals surface area contributed by atoms with Crippen molar-refractivity contribution in [2.75, 3.05) is 0 Å². The summed E-state index contributed by atoms with van der Waals surface area (Å²) in [7, 11) is -4.94. The molecular formula is C14H12ClO6-. The fourth-order valence-electron chi connectivity index (χ4n) is 1.36. The monoisotopic (exact) mass is 311 g/mol. The first kappa shape index (κ1) is 17.1. The standard InChI is InChI=1S/C14H12O2.ClHO4/c1-11-2-6-13(7-3-11)16-14-8-4-12(10-15)5-9-14;2-1(3,4)5/h2-10H,1H3;(H,2,3,4,5)/p-1. The Kier molecular flexibility index (Phi) is 6.29. The highest BCUT2D eigenvalue weighted by Gasteiger charge is 1.97. The third-order valence-corrected chi connectivity index (χ3v) is 2.27. The summed E-state index contributed by atoms with van der Waals surface area (Å²) in [6, 6.07) is 14.9. The summed E-state index contributed by atoms with van der Waals surface area (Å²) in [4.78, 5) is 10.5. The molecule has 0 spiro atoms. The summed E-state index contributed by atoms with van der Waals surface area (Å²) < 4.78 is 39.6. The second-order valence-electron chi connectivity index (χ2n) is 3.98. The number of hydrogen-bond donors (Lipinski definition) is 0. The lowest BCUT2D eigenvalue weighted by atomic mass is 10.2. The molecule has 0 saturated heterocycles. The van der Waals surface area contributed by atoms with E-state index in [1.807, 2.05) is 31.2 Å². The maximum atomic E-state index is 10.5. The molecule has 0 aliphatic carbocycles. The average molecular weight is 312 g/mol. The van der Waals surface area contributed by atoms with Crippen molar-refractivity contribution in [2.24, 2.45) is 0 Å². The molecule has 21 heavy (non-hydrogen) atoms. The zero-order valence-corrected chi connectivity index (χ0v) is 11.8. The second-order valence-corrected chi connectivity index (χ2v) is 4.74. The summed E-state index contributed by atoms with van der Waals surface area (Å²) in [5, 5.41) is 0. The molecule has 0 aromatic heterocycles. The minimum Gasteiger partial charge on any atom is -0.457 e. The molecule has 0 bridgehead atoms. The summed E-state index contributed by atoms with van der Waals surface area (Å²) in [6.07, 6.45) is 0.815. The molecule has 0 saturated carbocycles. The van der Waals surface area contributed by atoms with Crippen LogP contribution in [-0.2, 0) is 0 Å². The van der Waals surface area contributed by atoms with E-state index < -0.39 is 10.2 Å². The molecule has 2 aromatic rings. The first-order chi connectivity index (χ1) is 9.78. The largest absolute Gasteiger partial charge is 0.457 e. The molecule has 6 nitrogen and oxygen atoms in total. The van der Waals surface area contributed by atoms with Gasteiger partial charge in [-0.05, 0) is 43.3 Å². The van der Waals surface area contributed by atoms with Crippen LogP contribution in [0, 0.1) is 17.2 Å². The van der Waals surface area contributed by atoms with Gasteiger partial charge in [0.1, 0.15) is 17.8 Å². The van der Waals surface area contributed by atoms with Crippen molar-refractivity contribution in [3.63, 3.8) is 0 Å². The molecule has 0 unspecified atom stereocenters. The number of aryl methyl sites for hydroxylation is 1. The van der Waals surface area contributed by atoms with E-state index in [1.165, 1.54) is 5.56 Å². The lowest BCUT2D eigenvalue weighted by Crippen LogP contribution is -2.68. The molecule has 112 valence electrons. The van der Waals surface area contributed by atoms with Gasteiger partial charge in [-0.2, -0.15) is 0 Å². The Morgan fingerprint density at radius 1 is 0.857 bits per heavy atom. The lowest BCUT2D eigenvalue weighted by molar-refractivity contribution is -2.00. The quantitative estimate of drug-likeness (QED) is 0.660. The van der Waals surface area contributed by atoms with E-state index in [2.05, 4.69) is 0 Å². The van der Waals surface area contributed by atoms with E-state index in [9.17, 15) is 4.79 Å². The van der Waals surface area contributed by atoms with E-state index in [0.717, 1.165) is 17.8 Å². The highest BCUT2D eigenvalue weighted by Crippen LogP contribution is 2.21. The van der Waals surface area contributed by atoms with E-state index in [0.29, 0.717) is 5.56 Å². The van der Waals surface area contributed by atoms with Crippen LogP contribution < -0.4 is 23.4 Å². The predicted molar refractivity (Wildman–Crippen MR) is 63.1 cm³/mol. The fourth-order valence-corrected chi connectivity index (χ4v) is 1.36. The van der Waals surface area contributed by atoms with Gasteiger partial charge in [-0.25, -0.2) is 18.6 Å². The molecule has 0 amide bonds. The second kappa shape index (κ2) is 7.72. The van der Waals surface area contributed by atoms with Crippen molar-refractivity contribution < 1.29 is 38.4 Å². The minimum absolute atomic E-state index is 0.649. The van der Waals surface area contributed by atoms with Crippen LogP contribution in [0.2, 0.25) is 0 Å². The molecular weight excluding hydrogens is 300 g/mol. The van der Waals surface area contributed by atoms with Crippen molar-refractivity contribution in [3.8, 4) is 11.5 Å². The van der Waals surface area contributed by atoms with Crippen LogP contribution in [0.4, 0.5) is 0 Å². The van der Waals surface area contributed by atoms with Gasteiger partial charge in [0, 0.05) is 5.56 Å². The van der Waals surface area contributed by atoms with Gasteiger partial charge >= 0.3 is 0 Å². The predicted octanol–water partition coefficient (Wildman–Crippen LogP) is -1.16. The molecule has 0 aliphatic heterocycles. The van der Waals surface area contributed by atoms with E-state index in [-0.39, 0.29) is 0 Å². The number of hydrogen-bond acceptors (Lipinski definition) is 6. The molecule has 2 rings (SSSR count). The number of carbonyl (C=O) groups excluding carboxylic acids is 1. The van der Waals surface area contributed by atoms with Gasteiger partial charge in [0.2, 0.25) is 0 Å². The Bertz CT molecular complexity index is 554. The van der Waals surface area contributed by atoms with Gasteiger partial charge in [-0.3, -0.25) is 4.79 Å². The van der Waals surface area contributed by atoms with Gasteiger partial charge in [0.15, 0.2) is 0 Å². The van der Waals surface area contributed by atoms with Gasteiger partial charge < -0.3 is 4.74 Å². The van der Waals surface area contributed by atoms with Crippen LogP contribution in [0.1, 0.15) is 15.9 Å². The maximum absolute atomic E-state index is 10.5. The molecule has 0 radical (unpaired) electrons. The van der Waals surface area contributed by atoms with Crippen LogP contribution in [0.15, 0.2) is 48.5 Å². The number of aldehydes is 1. The van der Waals surface area contributed by atoms with Crippen LogP contribution >= 0.6 is 0 Å². The van der Waals surface area contributed by atoms with Gasteiger partial charge in [-0.1, -0.05) is 17.7 Å². The molecule has 2 aromatic carbocycles.